The fourth-order valence-electron chi connectivity index (χ4n) is 2.06. The maximum Gasteiger partial charge on any atom is 0.382 e. The van der Waals surface area contributed by atoms with E-state index in [1.165, 1.54) is 0 Å². The Labute approximate surface area is 105 Å². The van der Waals surface area contributed by atoms with E-state index in [0.29, 0.717) is 18.5 Å². The van der Waals surface area contributed by atoms with Crippen LogP contribution in [0.4, 0.5) is 5.69 Å². The van der Waals surface area contributed by atoms with E-state index < -0.39 is 5.97 Å². The van der Waals surface area contributed by atoms with E-state index in [2.05, 4.69) is 11.8 Å². The highest BCUT2D eigenvalue weighted by Crippen LogP contribution is 2.29. The van der Waals surface area contributed by atoms with Gasteiger partial charge < -0.3 is 10.0 Å². The molecule has 0 atom stereocenters. The average molecular weight is 243 g/mol. The monoisotopic (exact) mass is 243 g/mol. The van der Waals surface area contributed by atoms with Crippen molar-refractivity contribution in [3.05, 3.63) is 29.3 Å². The first-order valence-electron chi connectivity index (χ1n) is 5.80. The highest BCUT2D eigenvalue weighted by molar-refractivity contribution is 5.95. The summed E-state index contributed by atoms with van der Waals surface area (Å²) in [5.74, 6) is 3.63. The van der Waals surface area contributed by atoms with Crippen LogP contribution in [0.2, 0.25) is 0 Å². The molecular weight excluding hydrogens is 230 g/mol. The number of carbonyl (C=O) groups is 2. The first-order valence-corrected chi connectivity index (χ1v) is 5.80. The molecule has 92 valence electrons. The van der Waals surface area contributed by atoms with Crippen LogP contribution in [0.15, 0.2) is 18.2 Å². The number of carboxylic acids is 1. The van der Waals surface area contributed by atoms with Gasteiger partial charge in [0.25, 0.3) is 0 Å². The number of hydrogen-bond donors (Lipinski definition) is 1. The van der Waals surface area contributed by atoms with Crippen LogP contribution >= 0.6 is 0 Å². The van der Waals surface area contributed by atoms with E-state index in [1.54, 1.807) is 11.0 Å². The molecule has 0 spiro atoms. The molecule has 1 amide bonds. The molecule has 0 aromatic heterocycles. The first-order chi connectivity index (χ1) is 8.61. The predicted octanol–water partition coefficient (Wildman–Crippen LogP) is 1.42. The number of aliphatic carboxylic acids is 1. The smallest absolute Gasteiger partial charge is 0.382 e. The van der Waals surface area contributed by atoms with Crippen molar-refractivity contribution in [3.8, 4) is 11.8 Å². The van der Waals surface area contributed by atoms with Gasteiger partial charge in [-0.2, -0.15) is 0 Å². The number of nitrogens with zero attached hydrogens (tertiary/aromatic N) is 1. The predicted molar refractivity (Wildman–Crippen MR) is 67.3 cm³/mol. The molecule has 4 nitrogen and oxygen atoms in total. The summed E-state index contributed by atoms with van der Waals surface area (Å²) in [6, 6.07) is 5.44. The number of anilines is 1. The molecule has 1 aromatic rings. The molecule has 0 aliphatic carbocycles. The number of carboxylic acid groups (broad SMARTS) is 1. The summed E-state index contributed by atoms with van der Waals surface area (Å²) in [5, 5.41) is 8.49. The van der Waals surface area contributed by atoms with Gasteiger partial charge in [-0.1, -0.05) is 12.8 Å². The minimum Gasteiger partial charge on any atom is -0.472 e. The van der Waals surface area contributed by atoms with E-state index in [4.69, 9.17) is 5.11 Å². The van der Waals surface area contributed by atoms with Gasteiger partial charge >= 0.3 is 5.97 Å². The third kappa shape index (κ3) is 2.35. The summed E-state index contributed by atoms with van der Waals surface area (Å²) >= 11 is 0. The zero-order chi connectivity index (χ0) is 13.1. The zero-order valence-corrected chi connectivity index (χ0v) is 10.1. The van der Waals surface area contributed by atoms with Crippen molar-refractivity contribution in [2.45, 2.75) is 19.8 Å². The number of rotatable bonds is 1. The van der Waals surface area contributed by atoms with E-state index >= 15 is 0 Å². The van der Waals surface area contributed by atoms with Gasteiger partial charge in [-0.3, -0.25) is 4.79 Å². The van der Waals surface area contributed by atoms with Gasteiger partial charge in [-0.15, -0.1) is 0 Å². The van der Waals surface area contributed by atoms with E-state index in [-0.39, 0.29) is 5.91 Å². The van der Waals surface area contributed by atoms with Gasteiger partial charge in [-0.05, 0) is 30.2 Å². The normalized spacial score (nSPS) is 12.6. The Kier molecular flexibility index (Phi) is 3.33. The largest absolute Gasteiger partial charge is 0.472 e. The van der Waals surface area contributed by atoms with Crippen LogP contribution in [0.25, 0.3) is 0 Å². The number of fused-ring (bicyclic) bond motifs is 1. The third-order valence-electron chi connectivity index (χ3n) is 2.89. The minimum atomic E-state index is -1.14. The van der Waals surface area contributed by atoms with Gasteiger partial charge in [0.1, 0.15) is 0 Å². The maximum absolute atomic E-state index is 11.7. The molecule has 0 fully saturated rings. The minimum absolute atomic E-state index is 0.109. The zero-order valence-electron chi connectivity index (χ0n) is 10.1. The fourth-order valence-corrected chi connectivity index (χ4v) is 2.06. The van der Waals surface area contributed by atoms with Crippen LogP contribution in [0.1, 0.15) is 24.5 Å². The lowest BCUT2D eigenvalue weighted by atomic mass is 10.1. The van der Waals surface area contributed by atoms with Crippen LogP contribution in [-0.2, 0) is 16.0 Å². The SMILES string of the molecule is CCC(=O)N1CCc2cc(C#CC(=O)O)ccc21. The van der Waals surface area contributed by atoms with Crippen LogP contribution in [0, 0.1) is 11.8 Å². The van der Waals surface area contributed by atoms with E-state index in [0.717, 1.165) is 17.7 Å². The molecule has 1 N–H and O–H groups in total. The molecular formula is C14H13NO3. The Morgan fingerprint density at radius 3 is 2.89 bits per heavy atom. The van der Waals surface area contributed by atoms with Crippen molar-refractivity contribution in [1.82, 2.24) is 0 Å². The molecule has 18 heavy (non-hydrogen) atoms. The van der Waals surface area contributed by atoms with Crippen LogP contribution in [0.3, 0.4) is 0 Å². The molecule has 0 saturated heterocycles. The highest BCUT2D eigenvalue weighted by atomic mass is 16.4. The number of carbonyl (C=O) groups excluding carboxylic acids is 1. The quantitative estimate of drug-likeness (QED) is 0.759. The van der Waals surface area contributed by atoms with Crippen molar-refractivity contribution < 1.29 is 14.7 Å². The summed E-state index contributed by atoms with van der Waals surface area (Å²) in [6.45, 7) is 2.53. The molecule has 1 heterocycles. The summed E-state index contributed by atoms with van der Waals surface area (Å²) in [4.78, 5) is 23.8. The Balaban J connectivity index is 2.29. The second-order valence-electron chi connectivity index (χ2n) is 4.05. The van der Waals surface area contributed by atoms with Crippen molar-refractivity contribution in [3.63, 3.8) is 0 Å². The first kappa shape index (κ1) is 12.2. The van der Waals surface area contributed by atoms with Gasteiger partial charge in [0.15, 0.2) is 0 Å². The van der Waals surface area contributed by atoms with Crippen molar-refractivity contribution in [1.29, 1.82) is 0 Å². The lowest BCUT2D eigenvalue weighted by Gasteiger charge is -2.16. The summed E-state index contributed by atoms with van der Waals surface area (Å²) in [5.41, 5.74) is 2.64. The average Bonchev–Trinajstić information content (AvgIpc) is 2.78. The Hall–Kier alpha value is -2.28. The van der Waals surface area contributed by atoms with Crippen LogP contribution in [0.5, 0.6) is 0 Å². The molecule has 0 saturated carbocycles. The van der Waals surface area contributed by atoms with Gasteiger partial charge in [0, 0.05) is 30.1 Å². The molecule has 4 heteroatoms. The maximum atomic E-state index is 11.7. The fraction of sp³-hybridized carbons (Fsp3) is 0.286. The topological polar surface area (TPSA) is 57.6 Å². The number of hydrogen-bond acceptors (Lipinski definition) is 2. The molecule has 1 aromatic carbocycles. The molecule has 0 bridgehead atoms. The summed E-state index contributed by atoms with van der Waals surface area (Å²) in [6.07, 6.45) is 1.28. The van der Waals surface area contributed by atoms with Crippen LogP contribution < -0.4 is 4.90 Å². The lowest BCUT2D eigenvalue weighted by molar-refractivity contribution is -0.130. The second-order valence-corrected chi connectivity index (χ2v) is 4.05. The molecule has 1 aliphatic heterocycles. The standard InChI is InChI=1S/C14H13NO3/c1-2-13(16)15-8-7-11-9-10(3-5-12(11)15)4-6-14(17)18/h3,5,9H,2,7-8H2,1H3,(H,17,18). The molecule has 0 unspecified atom stereocenters. The number of benzene rings is 1. The summed E-state index contributed by atoms with van der Waals surface area (Å²) < 4.78 is 0. The third-order valence-corrected chi connectivity index (χ3v) is 2.89. The van der Waals surface area contributed by atoms with Crippen molar-refractivity contribution in [2.24, 2.45) is 0 Å². The van der Waals surface area contributed by atoms with Crippen molar-refractivity contribution >= 4 is 17.6 Å². The Morgan fingerprint density at radius 1 is 1.44 bits per heavy atom. The van der Waals surface area contributed by atoms with Crippen LogP contribution in [-0.4, -0.2) is 23.5 Å². The Morgan fingerprint density at radius 2 is 2.22 bits per heavy atom. The molecule has 0 radical (unpaired) electrons. The lowest BCUT2D eigenvalue weighted by Crippen LogP contribution is -2.27. The van der Waals surface area contributed by atoms with E-state index in [1.807, 2.05) is 19.1 Å². The highest BCUT2D eigenvalue weighted by Gasteiger charge is 2.23. The molecule has 1 aliphatic rings. The van der Waals surface area contributed by atoms with E-state index in [9.17, 15) is 9.59 Å². The molecule has 2 rings (SSSR count). The second kappa shape index (κ2) is 4.92. The van der Waals surface area contributed by atoms with Gasteiger partial charge in [0.2, 0.25) is 5.91 Å². The number of amides is 1. The summed E-state index contributed by atoms with van der Waals surface area (Å²) in [7, 11) is 0. The Bertz CT molecular complexity index is 566. The van der Waals surface area contributed by atoms with Crippen molar-refractivity contribution in [2.75, 3.05) is 11.4 Å². The van der Waals surface area contributed by atoms with Gasteiger partial charge in [-0.25, -0.2) is 4.79 Å². The van der Waals surface area contributed by atoms with Gasteiger partial charge in [0.05, 0.1) is 0 Å².